The maximum Gasteiger partial charge on any atom is 0.0826 e. The average Bonchev–Trinajstić information content (AvgIpc) is 2.14. The Labute approximate surface area is 107 Å². The summed E-state index contributed by atoms with van der Waals surface area (Å²) in [5, 5.41) is 10.6. The highest BCUT2D eigenvalue weighted by atomic mass is 16.3. The molecule has 2 atom stereocenters. The molecule has 0 fully saturated rings. The van der Waals surface area contributed by atoms with Gasteiger partial charge in [-0.15, -0.1) is 0 Å². The van der Waals surface area contributed by atoms with Gasteiger partial charge in [0.2, 0.25) is 0 Å². The molecular weight excluding hydrogens is 208 g/mol. The number of aliphatic hydroxyl groups is 1. The quantitative estimate of drug-likeness (QED) is 0.718. The molecule has 17 heavy (non-hydrogen) atoms. The summed E-state index contributed by atoms with van der Waals surface area (Å²) in [5.41, 5.74) is 2.68. The first-order chi connectivity index (χ1) is 7.57. The lowest BCUT2D eigenvalue weighted by molar-refractivity contribution is 0.0817. The highest BCUT2D eigenvalue weighted by Crippen LogP contribution is 2.42. The predicted molar refractivity (Wildman–Crippen MR) is 74.9 cm³/mol. The highest BCUT2D eigenvalue weighted by molar-refractivity contribution is 5.36. The third kappa shape index (κ3) is 3.22. The van der Waals surface area contributed by atoms with Gasteiger partial charge >= 0.3 is 0 Å². The van der Waals surface area contributed by atoms with Crippen LogP contribution in [0.3, 0.4) is 0 Å². The van der Waals surface area contributed by atoms with Crippen LogP contribution >= 0.6 is 0 Å². The molecule has 1 aliphatic carbocycles. The molecule has 1 rings (SSSR count). The van der Waals surface area contributed by atoms with Crippen molar-refractivity contribution < 1.29 is 5.11 Å². The monoisotopic (exact) mass is 236 g/mol. The van der Waals surface area contributed by atoms with Crippen LogP contribution in [0.1, 0.15) is 54.9 Å². The normalized spacial score (nSPS) is 26.6. The van der Waals surface area contributed by atoms with Crippen molar-refractivity contribution in [1.82, 2.24) is 0 Å². The maximum atomic E-state index is 10.6. The van der Waals surface area contributed by atoms with Crippen LogP contribution in [0.25, 0.3) is 0 Å². The van der Waals surface area contributed by atoms with E-state index in [1.54, 1.807) is 0 Å². The fourth-order valence-corrected chi connectivity index (χ4v) is 2.45. The second-order valence-electron chi connectivity index (χ2n) is 7.28. The molecule has 0 aromatic heterocycles. The van der Waals surface area contributed by atoms with Gasteiger partial charge in [-0.05, 0) is 22.8 Å². The molecule has 0 spiro atoms. The van der Waals surface area contributed by atoms with Gasteiger partial charge < -0.3 is 5.11 Å². The van der Waals surface area contributed by atoms with E-state index in [1.807, 2.05) is 0 Å². The standard InChI is InChI=1S/C16H28O/c1-8-11-9-12(15(2,3)4)14(17)13(10-11)16(5,6)7/h9-10,12,14,17H,8H2,1-7H3. The first kappa shape index (κ1) is 14.5. The van der Waals surface area contributed by atoms with Crippen molar-refractivity contribution >= 4 is 0 Å². The van der Waals surface area contributed by atoms with E-state index < -0.39 is 0 Å². The van der Waals surface area contributed by atoms with Crippen molar-refractivity contribution in [2.45, 2.75) is 61.0 Å². The molecule has 0 aromatic rings. The van der Waals surface area contributed by atoms with Gasteiger partial charge in [-0.1, -0.05) is 66.2 Å². The first-order valence-electron chi connectivity index (χ1n) is 6.68. The molecule has 1 aliphatic rings. The van der Waals surface area contributed by atoms with E-state index in [0.717, 1.165) is 6.42 Å². The Balaban J connectivity index is 3.18. The summed E-state index contributed by atoms with van der Waals surface area (Å²) in [4.78, 5) is 0. The fraction of sp³-hybridized carbons (Fsp3) is 0.750. The summed E-state index contributed by atoms with van der Waals surface area (Å²) in [7, 11) is 0. The van der Waals surface area contributed by atoms with Crippen LogP contribution in [-0.2, 0) is 0 Å². The molecule has 0 aliphatic heterocycles. The molecular formula is C16H28O. The van der Waals surface area contributed by atoms with E-state index in [4.69, 9.17) is 0 Å². The van der Waals surface area contributed by atoms with Gasteiger partial charge in [0.15, 0.2) is 0 Å². The SMILES string of the molecule is CCC1=CC(C(C)(C)C)C(O)C(C(C)(C)C)=C1. The Bertz CT molecular complexity index is 334. The average molecular weight is 236 g/mol. The molecule has 1 N–H and O–H groups in total. The van der Waals surface area contributed by atoms with E-state index in [-0.39, 0.29) is 22.9 Å². The van der Waals surface area contributed by atoms with Crippen molar-refractivity contribution in [1.29, 1.82) is 0 Å². The topological polar surface area (TPSA) is 20.2 Å². The lowest BCUT2D eigenvalue weighted by Gasteiger charge is -2.40. The molecule has 0 saturated heterocycles. The summed E-state index contributed by atoms with van der Waals surface area (Å²) >= 11 is 0. The molecule has 0 saturated carbocycles. The van der Waals surface area contributed by atoms with Gasteiger partial charge in [0.1, 0.15) is 0 Å². The lowest BCUT2D eigenvalue weighted by Crippen LogP contribution is -2.37. The van der Waals surface area contributed by atoms with Crippen LogP contribution in [-0.4, -0.2) is 11.2 Å². The van der Waals surface area contributed by atoms with Crippen LogP contribution in [0.15, 0.2) is 23.3 Å². The van der Waals surface area contributed by atoms with Crippen molar-refractivity contribution in [3.8, 4) is 0 Å². The summed E-state index contributed by atoms with van der Waals surface area (Å²) in [6.45, 7) is 15.3. The van der Waals surface area contributed by atoms with E-state index in [2.05, 4.69) is 60.6 Å². The Kier molecular flexibility index (Phi) is 3.93. The van der Waals surface area contributed by atoms with Crippen LogP contribution in [0, 0.1) is 16.7 Å². The summed E-state index contributed by atoms with van der Waals surface area (Å²) in [6, 6.07) is 0. The molecule has 0 aromatic carbocycles. The molecule has 98 valence electrons. The first-order valence-corrected chi connectivity index (χ1v) is 6.68. The minimum atomic E-state index is -0.342. The Morgan fingerprint density at radius 3 is 2.00 bits per heavy atom. The molecule has 0 amide bonds. The Hall–Kier alpha value is -0.560. The summed E-state index contributed by atoms with van der Waals surface area (Å²) in [6.07, 6.45) is 5.16. The van der Waals surface area contributed by atoms with Crippen LogP contribution < -0.4 is 0 Å². The zero-order chi connectivity index (χ0) is 13.4. The van der Waals surface area contributed by atoms with Gasteiger partial charge in [0.05, 0.1) is 6.10 Å². The number of allylic oxidation sites excluding steroid dienone is 2. The predicted octanol–water partition coefficient (Wildman–Crippen LogP) is 4.33. The Morgan fingerprint density at radius 1 is 1.12 bits per heavy atom. The zero-order valence-electron chi connectivity index (χ0n) is 12.5. The zero-order valence-corrected chi connectivity index (χ0v) is 12.5. The van der Waals surface area contributed by atoms with Crippen molar-refractivity contribution in [2.75, 3.05) is 0 Å². The third-order valence-corrected chi connectivity index (χ3v) is 3.67. The van der Waals surface area contributed by atoms with Crippen LogP contribution in [0.4, 0.5) is 0 Å². The van der Waals surface area contributed by atoms with E-state index in [0.29, 0.717) is 0 Å². The molecule has 0 radical (unpaired) electrons. The second kappa shape index (κ2) is 4.61. The number of hydrogen-bond acceptors (Lipinski definition) is 1. The van der Waals surface area contributed by atoms with E-state index >= 15 is 0 Å². The molecule has 2 unspecified atom stereocenters. The van der Waals surface area contributed by atoms with Crippen LogP contribution in [0.2, 0.25) is 0 Å². The molecule has 0 bridgehead atoms. The van der Waals surface area contributed by atoms with Gasteiger partial charge in [-0.25, -0.2) is 0 Å². The number of rotatable bonds is 1. The lowest BCUT2D eigenvalue weighted by atomic mass is 9.67. The van der Waals surface area contributed by atoms with Crippen molar-refractivity contribution in [3.05, 3.63) is 23.3 Å². The Morgan fingerprint density at radius 2 is 1.65 bits per heavy atom. The van der Waals surface area contributed by atoms with E-state index in [9.17, 15) is 5.11 Å². The van der Waals surface area contributed by atoms with Crippen molar-refractivity contribution in [2.24, 2.45) is 16.7 Å². The van der Waals surface area contributed by atoms with Crippen LogP contribution in [0.5, 0.6) is 0 Å². The number of hydrogen-bond donors (Lipinski definition) is 1. The molecule has 1 nitrogen and oxygen atoms in total. The minimum Gasteiger partial charge on any atom is -0.388 e. The molecule has 0 heterocycles. The second-order valence-corrected chi connectivity index (χ2v) is 7.28. The maximum absolute atomic E-state index is 10.6. The van der Waals surface area contributed by atoms with Gasteiger partial charge in [-0.3, -0.25) is 0 Å². The number of aliphatic hydroxyl groups excluding tert-OH is 1. The summed E-state index contributed by atoms with van der Waals surface area (Å²) in [5.74, 6) is 0.219. The smallest absolute Gasteiger partial charge is 0.0826 e. The van der Waals surface area contributed by atoms with Gasteiger partial charge in [-0.2, -0.15) is 0 Å². The van der Waals surface area contributed by atoms with E-state index in [1.165, 1.54) is 11.1 Å². The summed E-state index contributed by atoms with van der Waals surface area (Å²) < 4.78 is 0. The van der Waals surface area contributed by atoms with Crippen molar-refractivity contribution in [3.63, 3.8) is 0 Å². The minimum absolute atomic E-state index is 0.0393. The highest BCUT2D eigenvalue weighted by Gasteiger charge is 2.37. The third-order valence-electron chi connectivity index (χ3n) is 3.67. The van der Waals surface area contributed by atoms with Gasteiger partial charge in [0.25, 0.3) is 0 Å². The fourth-order valence-electron chi connectivity index (χ4n) is 2.45. The molecule has 1 heteroatoms. The van der Waals surface area contributed by atoms with Gasteiger partial charge in [0, 0.05) is 5.92 Å². The largest absolute Gasteiger partial charge is 0.388 e.